The van der Waals surface area contributed by atoms with E-state index in [2.05, 4.69) is 0 Å². The van der Waals surface area contributed by atoms with Crippen molar-refractivity contribution in [3.8, 4) is 0 Å². The summed E-state index contributed by atoms with van der Waals surface area (Å²) in [6.07, 6.45) is 0.698. The van der Waals surface area contributed by atoms with Crippen LogP contribution in [0.2, 0.25) is 0 Å². The summed E-state index contributed by atoms with van der Waals surface area (Å²) in [7, 11) is 1.65. The molecule has 2 amide bonds. The number of nitrogens with zero attached hydrogens (tertiary/aromatic N) is 2. The molecule has 0 atom stereocenters. The molecule has 2 aromatic rings. The van der Waals surface area contributed by atoms with Crippen LogP contribution in [-0.2, 0) is 13.1 Å². The minimum atomic E-state index is -0.695. The third-order valence-corrected chi connectivity index (χ3v) is 3.76. The Balaban J connectivity index is 2.03. The van der Waals surface area contributed by atoms with E-state index in [1.165, 1.54) is 21.9 Å². The van der Waals surface area contributed by atoms with E-state index in [-0.39, 0.29) is 12.6 Å². The maximum absolute atomic E-state index is 13.4. The molecule has 0 N–H and O–H groups in total. The molecule has 0 saturated heterocycles. The number of anilines is 1. The largest absolute Gasteiger partial charge is 0.324 e. The van der Waals surface area contributed by atoms with Crippen molar-refractivity contribution >= 4 is 18.0 Å². The number of amides is 2. The zero-order valence-corrected chi connectivity index (χ0v) is 12.4. The summed E-state index contributed by atoms with van der Waals surface area (Å²) < 4.78 is 26.7. The Labute approximate surface area is 131 Å². The van der Waals surface area contributed by atoms with Crippen molar-refractivity contribution in [2.75, 3.05) is 11.9 Å². The molecule has 0 spiro atoms. The van der Waals surface area contributed by atoms with Crippen LogP contribution in [0.15, 0.2) is 36.4 Å². The molecule has 4 nitrogen and oxygen atoms in total. The Morgan fingerprint density at radius 1 is 1.13 bits per heavy atom. The average molecular weight is 316 g/mol. The summed E-state index contributed by atoms with van der Waals surface area (Å²) in [5, 5.41) is 0. The molecule has 0 aliphatic carbocycles. The van der Waals surface area contributed by atoms with Gasteiger partial charge in [0.05, 0.1) is 12.2 Å². The van der Waals surface area contributed by atoms with Gasteiger partial charge in [0, 0.05) is 25.2 Å². The molecule has 1 heterocycles. The van der Waals surface area contributed by atoms with Crippen LogP contribution in [-0.4, -0.2) is 24.3 Å². The summed E-state index contributed by atoms with van der Waals surface area (Å²) >= 11 is 0. The number of rotatable bonds is 3. The van der Waals surface area contributed by atoms with Crippen molar-refractivity contribution in [3.63, 3.8) is 0 Å². The average Bonchev–Trinajstić information content (AvgIpc) is 2.50. The van der Waals surface area contributed by atoms with Crippen molar-refractivity contribution in [1.82, 2.24) is 4.90 Å². The lowest BCUT2D eigenvalue weighted by molar-refractivity contribution is 0.112. The zero-order chi connectivity index (χ0) is 16.6. The number of hydrogen-bond donors (Lipinski definition) is 0. The first-order chi connectivity index (χ1) is 11.0. The van der Waals surface area contributed by atoms with Crippen LogP contribution in [0.3, 0.4) is 0 Å². The number of halogens is 2. The molecule has 3 rings (SSSR count). The van der Waals surface area contributed by atoms with Crippen molar-refractivity contribution in [1.29, 1.82) is 0 Å². The van der Waals surface area contributed by atoms with Gasteiger partial charge in [-0.05, 0) is 29.3 Å². The molecule has 0 bridgehead atoms. The monoisotopic (exact) mass is 316 g/mol. The SMILES string of the molecule is CN1Cc2ccc(C=O)cc2N(Cc2cc(F)cc(F)c2)C1=O. The summed E-state index contributed by atoms with van der Waals surface area (Å²) in [4.78, 5) is 26.3. The number of hydrogen-bond acceptors (Lipinski definition) is 2. The van der Waals surface area contributed by atoms with E-state index in [0.29, 0.717) is 29.6 Å². The third-order valence-electron chi connectivity index (χ3n) is 3.76. The Morgan fingerprint density at radius 3 is 2.48 bits per heavy atom. The first-order valence-electron chi connectivity index (χ1n) is 7.03. The fourth-order valence-electron chi connectivity index (χ4n) is 2.71. The van der Waals surface area contributed by atoms with E-state index < -0.39 is 11.6 Å². The molecule has 6 heteroatoms. The molecule has 1 aliphatic heterocycles. The summed E-state index contributed by atoms with van der Waals surface area (Å²) in [5.41, 5.74) is 2.24. The maximum atomic E-state index is 13.4. The summed E-state index contributed by atoms with van der Waals surface area (Å²) in [6, 6.07) is 7.94. The topological polar surface area (TPSA) is 40.6 Å². The van der Waals surface area contributed by atoms with E-state index in [4.69, 9.17) is 0 Å². The predicted molar refractivity (Wildman–Crippen MR) is 81.2 cm³/mol. The standard InChI is InChI=1S/C17H14F2N2O2/c1-20-9-13-3-2-11(10-22)6-16(13)21(17(20)23)8-12-4-14(18)7-15(19)5-12/h2-7,10H,8-9H2,1H3. The molecule has 2 aromatic carbocycles. The zero-order valence-electron chi connectivity index (χ0n) is 12.4. The van der Waals surface area contributed by atoms with Gasteiger partial charge in [0.1, 0.15) is 17.9 Å². The molecule has 23 heavy (non-hydrogen) atoms. The fourth-order valence-corrected chi connectivity index (χ4v) is 2.71. The molecule has 0 aromatic heterocycles. The van der Waals surface area contributed by atoms with Gasteiger partial charge in [-0.3, -0.25) is 9.69 Å². The highest BCUT2D eigenvalue weighted by Crippen LogP contribution is 2.30. The lowest BCUT2D eigenvalue weighted by atomic mass is 10.0. The molecule has 0 saturated carbocycles. The molecule has 118 valence electrons. The first kappa shape index (κ1) is 15.1. The minimum Gasteiger partial charge on any atom is -0.323 e. The van der Waals surface area contributed by atoms with Gasteiger partial charge >= 0.3 is 6.03 Å². The predicted octanol–water partition coefficient (Wildman–Crippen LogP) is 3.35. The van der Waals surface area contributed by atoms with E-state index in [1.54, 1.807) is 25.2 Å². The highest BCUT2D eigenvalue weighted by Gasteiger charge is 2.28. The Morgan fingerprint density at radius 2 is 1.83 bits per heavy atom. The van der Waals surface area contributed by atoms with Gasteiger partial charge in [-0.2, -0.15) is 0 Å². The molecule has 1 aliphatic rings. The van der Waals surface area contributed by atoms with Gasteiger partial charge in [-0.25, -0.2) is 13.6 Å². The van der Waals surface area contributed by atoms with Crippen LogP contribution in [0.25, 0.3) is 0 Å². The number of urea groups is 1. The van der Waals surface area contributed by atoms with Crippen LogP contribution >= 0.6 is 0 Å². The minimum absolute atomic E-state index is 0.0210. The van der Waals surface area contributed by atoms with E-state index >= 15 is 0 Å². The van der Waals surface area contributed by atoms with Gasteiger partial charge in [0.2, 0.25) is 0 Å². The summed E-state index contributed by atoms with van der Waals surface area (Å²) in [6.45, 7) is 0.439. The van der Waals surface area contributed by atoms with Crippen LogP contribution in [0.4, 0.5) is 19.3 Å². The second-order valence-corrected chi connectivity index (χ2v) is 5.51. The van der Waals surface area contributed by atoms with Crippen molar-refractivity contribution in [2.45, 2.75) is 13.1 Å². The van der Waals surface area contributed by atoms with Crippen molar-refractivity contribution in [3.05, 3.63) is 64.7 Å². The molecule has 0 fully saturated rings. The maximum Gasteiger partial charge on any atom is 0.324 e. The molecule has 0 radical (unpaired) electrons. The molecular formula is C17H14F2N2O2. The van der Waals surface area contributed by atoms with Gasteiger partial charge in [-0.1, -0.05) is 12.1 Å². The Hall–Kier alpha value is -2.76. The highest BCUT2D eigenvalue weighted by atomic mass is 19.1. The number of fused-ring (bicyclic) bond motifs is 1. The molecule has 0 unspecified atom stereocenters. The van der Waals surface area contributed by atoms with Crippen LogP contribution in [0, 0.1) is 11.6 Å². The smallest absolute Gasteiger partial charge is 0.323 e. The van der Waals surface area contributed by atoms with Crippen LogP contribution < -0.4 is 4.90 Å². The van der Waals surface area contributed by atoms with E-state index in [1.807, 2.05) is 0 Å². The quantitative estimate of drug-likeness (QED) is 0.815. The van der Waals surface area contributed by atoms with E-state index in [0.717, 1.165) is 11.6 Å². The van der Waals surface area contributed by atoms with Gasteiger partial charge < -0.3 is 4.90 Å². The van der Waals surface area contributed by atoms with Crippen molar-refractivity contribution in [2.24, 2.45) is 0 Å². The third kappa shape index (κ3) is 2.92. The van der Waals surface area contributed by atoms with Gasteiger partial charge in [-0.15, -0.1) is 0 Å². The number of carbonyl (C=O) groups excluding carboxylic acids is 2. The second-order valence-electron chi connectivity index (χ2n) is 5.51. The lowest BCUT2D eigenvalue weighted by Crippen LogP contribution is -2.44. The second kappa shape index (κ2) is 5.79. The first-order valence-corrected chi connectivity index (χ1v) is 7.03. The summed E-state index contributed by atoms with van der Waals surface area (Å²) in [5.74, 6) is -1.39. The van der Waals surface area contributed by atoms with E-state index in [9.17, 15) is 18.4 Å². The van der Waals surface area contributed by atoms with Crippen LogP contribution in [0.5, 0.6) is 0 Å². The highest BCUT2D eigenvalue weighted by molar-refractivity contribution is 5.95. The Kier molecular flexibility index (Phi) is 3.82. The van der Waals surface area contributed by atoms with Gasteiger partial charge in [0.15, 0.2) is 0 Å². The lowest BCUT2D eigenvalue weighted by Gasteiger charge is -2.35. The van der Waals surface area contributed by atoms with Crippen molar-refractivity contribution < 1.29 is 18.4 Å². The van der Waals surface area contributed by atoms with Gasteiger partial charge in [0.25, 0.3) is 0 Å². The number of aldehydes is 1. The van der Waals surface area contributed by atoms with Crippen LogP contribution in [0.1, 0.15) is 21.5 Å². The number of carbonyl (C=O) groups is 2. The molecular weight excluding hydrogens is 302 g/mol. The Bertz CT molecular complexity index is 772. The normalized spacial score (nSPS) is 14.0. The fraction of sp³-hybridized carbons (Fsp3) is 0.176. The number of benzene rings is 2.